The molecule has 7 heteroatoms. The van der Waals surface area contributed by atoms with Gasteiger partial charge in [0.2, 0.25) is 5.89 Å². The fraction of sp³-hybridized carbons (Fsp3) is 0.778. The number of morpholine rings is 1. The van der Waals surface area contributed by atoms with Crippen LogP contribution in [0.4, 0.5) is 0 Å². The summed E-state index contributed by atoms with van der Waals surface area (Å²) in [5.74, 6) is 2.30. The van der Waals surface area contributed by atoms with Crippen LogP contribution >= 0.6 is 0 Å². The van der Waals surface area contributed by atoms with Gasteiger partial charge in [-0.25, -0.2) is 4.98 Å². The van der Waals surface area contributed by atoms with Gasteiger partial charge in [-0.1, -0.05) is 20.8 Å². The number of fused-ring (bicyclic) bond motifs is 1. The normalized spacial score (nSPS) is 25.0. The first-order valence-corrected chi connectivity index (χ1v) is 9.21. The van der Waals surface area contributed by atoms with Gasteiger partial charge >= 0.3 is 0 Å². The molecule has 0 aromatic carbocycles. The second kappa shape index (κ2) is 7.74. The van der Waals surface area contributed by atoms with Crippen molar-refractivity contribution in [1.29, 1.82) is 0 Å². The summed E-state index contributed by atoms with van der Waals surface area (Å²) in [6.07, 6.45) is 4.58. The fourth-order valence-corrected chi connectivity index (χ4v) is 3.34. The average Bonchev–Trinajstić information content (AvgIpc) is 3.23. The van der Waals surface area contributed by atoms with E-state index in [2.05, 4.69) is 46.3 Å². The number of hydrogen-bond donors (Lipinski definition) is 2. The molecule has 1 aromatic heterocycles. The van der Waals surface area contributed by atoms with E-state index < -0.39 is 0 Å². The molecule has 7 nitrogen and oxygen atoms in total. The van der Waals surface area contributed by atoms with Crippen molar-refractivity contribution < 1.29 is 9.15 Å². The lowest BCUT2D eigenvalue weighted by Crippen LogP contribution is -2.51. The fourth-order valence-electron chi connectivity index (χ4n) is 3.34. The van der Waals surface area contributed by atoms with Gasteiger partial charge in [-0.05, 0) is 19.4 Å². The standard InChI is InChI=1S/C18H31N5O2/c1-18(2,3)15-9-20-16(25-15)10-22-17(19-4)21-8-14-11-23-7-5-6-13(23)12-24-14/h9,13-14H,5-8,10-12H2,1-4H3,(H2,19,21,22). The van der Waals surface area contributed by atoms with Crippen LogP contribution in [0.3, 0.4) is 0 Å². The van der Waals surface area contributed by atoms with Crippen LogP contribution < -0.4 is 10.6 Å². The first-order chi connectivity index (χ1) is 12.0. The summed E-state index contributed by atoms with van der Waals surface area (Å²) in [7, 11) is 1.77. The predicted molar refractivity (Wildman–Crippen MR) is 97.7 cm³/mol. The summed E-state index contributed by atoms with van der Waals surface area (Å²) in [6.45, 7) is 10.7. The lowest BCUT2D eigenvalue weighted by atomic mass is 9.94. The first-order valence-electron chi connectivity index (χ1n) is 9.21. The molecule has 25 heavy (non-hydrogen) atoms. The third kappa shape index (κ3) is 4.73. The highest BCUT2D eigenvalue weighted by Crippen LogP contribution is 2.23. The maximum absolute atomic E-state index is 5.97. The van der Waals surface area contributed by atoms with E-state index in [0.717, 1.165) is 31.4 Å². The van der Waals surface area contributed by atoms with Crippen LogP contribution in [0.1, 0.15) is 45.3 Å². The van der Waals surface area contributed by atoms with Crippen molar-refractivity contribution in [3.63, 3.8) is 0 Å². The molecule has 0 amide bonds. The molecule has 2 aliphatic rings. The highest BCUT2D eigenvalue weighted by atomic mass is 16.5. The van der Waals surface area contributed by atoms with Gasteiger partial charge in [0.15, 0.2) is 5.96 Å². The zero-order valence-corrected chi connectivity index (χ0v) is 15.8. The minimum absolute atomic E-state index is 0.0308. The van der Waals surface area contributed by atoms with E-state index in [1.807, 2.05) is 0 Å². The van der Waals surface area contributed by atoms with Crippen molar-refractivity contribution in [3.05, 3.63) is 17.8 Å². The highest BCUT2D eigenvalue weighted by molar-refractivity contribution is 5.79. The summed E-state index contributed by atoms with van der Waals surface area (Å²) in [5.41, 5.74) is -0.0308. The topological polar surface area (TPSA) is 74.9 Å². The molecule has 0 aliphatic carbocycles. The van der Waals surface area contributed by atoms with Crippen molar-refractivity contribution in [1.82, 2.24) is 20.5 Å². The number of guanidine groups is 1. The minimum atomic E-state index is -0.0308. The summed E-state index contributed by atoms with van der Waals surface area (Å²) in [5, 5.41) is 6.59. The Labute approximate surface area is 150 Å². The maximum atomic E-state index is 5.97. The summed E-state index contributed by atoms with van der Waals surface area (Å²) in [4.78, 5) is 11.1. The largest absolute Gasteiger partial charge is 0.443 e. The van der Waals surface area contributed by atoms with Crippen LogP contribution in [0.2, 0.25) is 0 Å². The number of aromatic nitrogens is 1. The Kier molecular flexibility index (Phi) is 5.64. The molecular formula is C18H31N5O2. The zero-order valence-electron chi connectivity index (χ0n) is 15.8. The van der Waals surface area contributed by atoms with Gasteiger partial charge in [-0.3, -0.25) is 9.89 Å². The Morgan fingerprint density at radius 3 is 2.96 bits per heavy atom. The molecule has 0 saturated carbocycles. The lowest BCUT2D eigenvalue weighted by molar-refractivity contribution is -0.0453. The van der Waals surface area contributed by atoms with E-state index >= 15 is 0 Å². The zero-order chi connectivity index (χ0) is 17.9. The molecular weight excluding hydrogens is 318 g/mol. The molecule has 3 rings (SSSR count). The SMILES string of the molecule is CN=C(NCc1ncc(C(C)(C)C)o1)NCC1CN2CCCC2CO1. The molecule has 0 radical (unpaired) electrons. The molecule has 0 bridgehead atoms. The summed E-state index contributed by atoms with van der Waals surface area (Å²) >= 11 is 0. The summed E-state index contributed by atoms with van der Waals surface area (Å²) < 4.78 is 11.8. The Morgan fingerprint density at radius 2 is 2.24 bits per heavy atom. The predicted octanol–water partition coefficient (Wildman–Crippen LogP) is 1.50. The molecule has 2 saturated heterocycles. The van der Waals surface area contributed by atoms with Gasteiger partial charge in [-0.15, -0.1) is 0 Å². The smallest absolute Gasteiger partial charge is 0.213 e. The van der Waals surface area contributed by atoms with Crippen molar-refractivity contribution in [2.45, 2.75) is 57.7 Å². The van der Waals surface area contributed by atoms with E-state index in [-0.39, 0.29) is 11.5 Å². The van der Waals surface area contributed by atoms with Crippen LogP contribution in [0.5, 0.6) is 0 Å². The van der Waals surface area contributed by atoms with Crippen LogP contribution in [-0.2, 0) is 16.7 Å². The van der Waals surface area contributed by atoms with Crippen molar-refractivity contribution >= 4 is 5.96 Å². The van der Waals surface area contributed by atoms with Crippen molar-refractivity contribution in [2.24, 2.45) is 4.99 Å². The number of ether oxygens (including phenoxy) is 1. The van der Waals surface area contributed by atoms with Crippen LogP contribution in [0.15, 0.2) is 15.6 Å². The molecule has 3 heterocycles. The second-order valence-electron chi connectivity index (χ2n) is 7.92. The Balaban J connectivity index is 1.43. The minimum Gasteiger partial charge on any atom is -0.443 e. The lowest BCUT2D eigenvalue weighted by Gasteiger charge is -2.35. The number of nitrogens with one attached hydrogen (secondary N) is 2. The van der Waals surface area contributed by atoms with Crippen LogP contribution in [0.25, 0.3) is 0 Å². The van der Waals surface area contributed by atoms with Gasteiger partial charge in [0.25, 0.3) is 0 Å². The third-order valence-electron chi connectivity index (χ3n) is 4.88. The van der Waals surface area contributed by atoms with E-state index in [1.54, 1.807) is 13.2 Å². The van der Waals surface area contributed by atoms with Gasteiger partial charge in [0.1, 0.15) is 5.76 Å². The number of nitrogens with zero attached hydrogens (tertiary/aromatic N) is 3. The quantitative estimate of drug-likeness (QED) is 0.634. The molecule has 140 valence electrons. The second-order valence-corrected chi connectivity index (χ2v) is 7.92. The molecule has 2 aliphatic heterocycles. The monoisotopic (exact) mass is 349 g/mol. The Morgan fingerprint density at radius 1 is 1.40 bits per heavy atom. The molecule has 2 atom stereocenters. The average molecular weight is 349 g/mol. The maximum Gasteiger partial charge on any atom is 0.213 e. The highest BCUT2D eigenvalue weighted by Gasteiger charge is 2.32. The Hall–Kier alpha value is -1.60. The molecule has 2 unspecified atom stereocenters. The summed E-state index contributed by atoms with van der Waals surface area (Å²) in [6, 6.07) is 0.635. The number of aliphatic imine (C=N–C) groups is 1. The van der Waals surface area contributed by atoms with Gasteiger partial charge < -0.3 is 19.8 Å². The van der Waals surface area contributed by atoms with Gasteiger partial charge in [0, 0.05) is 31.6 Å². The van der Waals surface area contributed by atoms with Crippen LogP contribution in [-0.4, -0.2) is 61.3 Å². The van der Waals surface area contributed by atoms with Crippen molar-refractivity contribution in [3.8, 4) is 0 Å². The van der Waals surface area contributed by atoms with Crippen molar-refractivity contribution in [2.75, 3.05) is 33.3 Å². The van der Waals surface area contributed by atoms with Gasteiger partial charge in [-0.2, -0.15) is 0 Å². The van der Waals surface area contributed by atoms with E-state index in [0.29, 0.717) is 18.5 Å². The number of hydrogen-bond acceptors (Lipinski definition) is 5. The molecule has 2 N–H and O–H groups in total. The van der Waals surface area contributed by atoms with Gasteiger partial charge in [0.05, 0.1) is 25.5 Å². The molecule has 0 spiro atoms. The number of oxazole rings is 1. The van der Waals surface area contributed by atoms with E-state index in [1.165, 1.54) is 19.4 Å². The third-order valence-corrected chi connectivity index (χ3v) is 4.88. The Bertz CT molecular complexity index is 593. The molecule has 2 fully saturated rings. The molecule has 1 aromatic rings. The first kappa shape index (κ1) is 18.2. The van der Waals surface area contributed by atoms with E-state index in [4.69, 9.17) is 9.15 Å². The van der Waals surface area contributed by atoms with Crippen LogP contribution in [0, 0.1) is 0 Å². The van der Waals surface area contributed by atoms with E-state index in [9.17, 15) is 0 Å². The number of rotatable bonds is 4.